The number of carbonyl (C=O) groups excluding carboxylic acids is 1. The topological polar surface area (TPSA) is 120 Å². The molecule has 3 saturated carbocycles. The Bertz CT molecular complexity index is 2070. The fourth-order valence-electron chi connectivity index (χ4n) is 8.55. The van der Waals surface area contributed by atoms with E-state index in [0.717, 1.165) is 90.8 Å². The summed E-state index contributed by atoms with van der Waals surface area (Å²) in [6, 6.07) is 12.5. The molecule has 2 N–H and O–H groups in total. The van der Waals surface area contributed by atoms with E-state index in [2.05, 4.69) is 31.2 Å². The highest BCUT2D eigenvalue weighted by atomic mass is 16.5. The SMILES string of the molecule is COc1cc(C(=O)N2CC3CCC2[C@@H]3N)cc2nc(-c3cc4cccnc4n3CC3CC3)n(CC3CN(c4ccnc(C5CC5)n4)C3)c12. The molecule has 5 aromatic rings. The van der Waals surface area contributed by atoms with Gasteiger partial charge >= 0.3 is 0 Å². The van der Waals surface area contributed by atoms with Crippen molar-refractivity contribution in [2.45, 2.75) is 69.6 Å². The molecule has 6 heterocycles. The van der Waals surface area contributed by atoms with Crippen molar-refractivity contribution < 1.29 is 9.53 Å². The summed E-state index contributed by atoms with van der Waals surface area (Å²) in [5.41, 5.74) is 10.9. The molecule has 1 aromatic carbocycles. The van der Waals surface area contributed by atoms with E-state index in [1.165, 1.54) is 25.7 Å². The molecule has 2 saturated heterocycles. The lowest BCUT2D eigenvalue weighted by Crippen LogP contribution is -2.49. The van der Waals surface area contributed by atoms with E-state index in [0.29, 0.717) is 35.0 Å². The van der Waals surface area contributed by atoms with Gasteiger partial charge in [0.2, 0.25) is 0 Å². The van der Waals surface area contributed by atoms with Gasteiger partial charge in [-0.05, 0) is 86.8 Å². The van der Waals surface area contributed by atoms with E-state index < -0.39 is 0 Å². The number of methoxy groups -OCH3 is 1. The minimum absolute atomic E-state index is 0.0195. The number of nitrogens with zero attached hydrogens (tertiary/aromatic N) is 8. The minimum Gasteiger partial charge on any atom is -0.494 e. The van der Waals surface area contributed by atoms with Gasteiger partial charge < -0.3 is 29.4 Å². The Kier molecular flexibility index (Phi) is 6.38. The van der Waals surface area contributed by atoms with Gasteiger partial charge in [0.15, 0.2) is 5.82 Å². The Labute approximate surface area is 279 Å². The monoisotopic (exact) mass is 643 g/mol. The zero-order valence-electron chi connectivity index (χ0n) is 27.3. The van der Waals surface area contributed by atoms with Crippen LogP contribution in [0.3, 0.4) is 0 Å². The number of amides is 1. The number of imidazole rings is 1. The van der Waals surface area contributed by atoms with E-state index in [1.54, 1.807) is 7.11 Å². The van der Waals surface area contributed by atoms with Crippen LogP contribution in [0, 0.1) is 17.8 Å². The van der Waals surface area contributed by atoms with Crippen molar-refractivity contribution in [1.29, 1.82) is 0 Å². The third-order valence-corrected chi connectivity index (χ3v) is 11.5. The molecule has 48 heavy (non-hydrogen) atoms. The number of hydrogen-bond donors (Lipinski definition) is 1. The maximum atomic E-state index is 14.0. The fraction of sp³-hybridized carbons (Fsp3) is 0.486. The zero-order chi connectivity index (χ0) is 32.1. The lowest BCUT2D eigenvalue weighted by molar-refractivity contribution is 0.0700. The Balaban J connectivity index is 1.05. The fourth-order valence-corrected chi connectivity index (χ4v) is 8.55. The van der Waals surface area contributed by atoms with Crippen LogP contribution in [0.4, 0.5) is 5.82 Å². The van der Waals surface area contributed by atoms with Crippen molar-refractivity contribution in [3.8, 4) is 17.3 Å². The van der Waals surface area contributed by atoms with Crippen LogP contribution in [0.5, 0.6) is 5.75 Å². The molecule has 5 fully saturated rings. The zero-order valence-corrected chi connectivity index (χ0v) is 27.3. The molecule has 10 rings (SSSR count). The maximum Gasteiger partial charge on any atom is 0.254 e. The summed E-state index contributed by atoms with van der Waals surface area (Å²) < 4.78 is 10.8. The molecule has 3 atom stereocenters. The lowest BCUT2D eigenvalue weighted by Gasteiger charge is -2.40. The second kappa shape index (κ2) is 10.7. The summed E-state index contributed by atoms with van der Waals surface area (Å²) in [7, 11) is 1.69. The Hall–Kier alpha value is -4.51. The van der Waals surface area contributed by atoms with Crippen molar-refractivity contribution in [2.75, 3.05) is 31.6 Å². The number of ether oxygens (including phenoxy) is 1. The highest BCUT2D eigenvalue weighted by molar-refractivity contribution is 6.00. The van der Waals surface area contributed by atoms with Crippen LogP contribution < -0.4 is 15.4 Å². The number of rotatable bonds is 9. The van der Waals surface area contributed by atoms with E-state index in [1.807, 2.05) is 41.6 Å². The molecule has 246 valence electrons. The second-order valence-electron chi connectivity index (χ2n) is 14.9. The molecule has 11 nitrogen and oxygen atoms in total. The molecular formula is C37H41N9O2. The van der Waals surface area contributed by atoms with Crippen molar-refractivity contribution in [3.63, 3.8) is 0 Å². The van der Waals surface area contributed by atoms with Gasteiger partial charge in [0.05, 0.1) is 18.3 Å². The Morgan fingerprint density at radius 1 is 0.917 bits per heavy atom. The van der Waals surface area contributed by atoms with E-state index in [4.69, 9.17) is 25.4 Å². The predicted octanol–water partition coefficient (Wildman–Crippen LogP) is 4.84. The lowest BCUT2D eigenvalue weighted by atomic mass is 9.99. The predicted molar refractivity (Wildman–Crippen MR) is 183 cm³/mol. The number of nitrogens with two attached hydrogens (primary N) is 1. The maximum absolute atomic E-state index is 14.0. The van der Waals surface area contributed by atoms with Gasteiger partial charge in [0, 0.05) is 80.0 Å². The quantitative estimate of drug-likeness (QED) is 0.243. The van der Waals surface area contributed by atoms with Crippen molar-refractivity contribution in [2.24, 2.45) is 23.5 Å². The molecule has 2 aliphatic heterocycles. The van der Waals surface area contributed by atoms with E-state index in [9.17, 15) is 4.79 Å². The molecule has 1 amide bonds. The molecular weight excluding hydrogens is 602 g/mol. The Morgan fingerprint density at radius 3 is 2.52 bits per heavy atom. The molecule has 3 aliphatic carbocycles. The number of piperidine rings is 1. The molecule has 0 spiro atoms. The number of aromatic nitrogens is 6. The molecule has 2 unspecified atom stereocenters. The summed E-state index contributed by atoms with van der Waals surface area (Å²) >= 11 is 0. The number of pyridine rings is 1. The van der Waals surface area contributed by atoms with Crippen molar-refractivity contribution >= 4 is 33.8 Å². The van der Waals surface area contributed by atoms with Crippen LogP contribution in [-0.4, -0.2) is 78.7 Å². The third-order valence-electron chi connectivity index (χ3n) is 11.5. The van der Waals surface area contributed by atoms with Gasteiger partial charge in [0.1, 0.15) is 28.6 Å². The first-order chi connectivity index (χ1) is 23.5. The number of benzene rings is 1. The summed E-state index contributed by atoms with van der Waals surface area (Å²) in [5, 5.41) is 1.11. The van der Waals surface area contributed by atoms with Gasteiger partial charge in [-0.15, -0.1) is 0 Å². The number of hydrogen-bond acceptors (Lipinski definition) is 8. The van der Waals surface area contributed by atoms with E-state index >= 15 is 0 Å². The summed E-state index contributed by atoms with van der Waals surface area (Å²) in [6.07, 6.45) is 10.7. The first-order valence-electron chi connectivity index (χ1n) is 17.7. The normalized spacial score (nSPS) is 23.8. The molecule has 0 radical (unpaired) electrons. The standard InChI is InChI=1S/C37H41N9O2/c1-48-30-15-26(37(47)45-20-25-8-9-28(45)32(25)38)13-27-33(30)46(19-22-16-43(17-22)31-10-12-39-34(42-31)23-6-7-23)36(41-27)29-14-24-3-2-11-40-35(24)44(29)18-21-4-5-21/h2-3,10-15,21-23,25,28,32H,4-9,16-20,38H2,1H3/t25?,28?,32-/m1/s1. The van der Waals surface area contributed by atoms with Crippen LogP contribution in [0.15, 0.2) is 48.8 Å². The molecule has 4 aromatic heterocycles. The molecule has 11 heteroatoms. The van der Waals surface area contributed by atoms with Crippen LogP contribution >= 0.6 is 0 Å². The smallest absolute Gasteiger partial charge is 0.254 e. The van der Waals surface area contributed by atoms with Crippen LogP contribution in [-0.2, 0) is 13.1 Å². The Morgan fingerprint density at radius 2 is 1.77 bits per heavy atom. The van der Waals surface area contributed by atoms with Crippen molar-refractivity contribution in [1.82, 2.24) is 34.0 Å². The molecule has 2 bridgehead atoms. The van der Waals surface area contributed by atoms with Gasteiger partial charge in [-0.25, -0.2) is 19.9 Å². The van der Waals surface area contributed by atoms with Gasteiger partial charge in [-0.2, -0.15) is 0 Å². The van der Waals surface area contributed by atoms with Crippen molar-refractivity contribution in [3.05, 3.63) is 60.2 Å². The van der Waals surface area contributed by atoms with Gasteiger partial charge in [-0.1, -0.05) is 0 Å². The summed E-state index contributed by atoms with van der Waals surface area (Å²) in [4.78, 5) is 37.9. The summed E-state index contributed by atoms with van der Waals surface area (Å²) in [6.45, 7) is 4.24. The highest BCUT2D eigenvalue weighted by Gasteiger charge is 2.47. The number of carbonyl (C=O) groups is 1. The highest BCUT2D eigenvalue weighted by Crippen LogP contribution is 2.42. The number of anilines is 1. The molecule has 5 aliphatic rings. The van der Waals surface area contributed by atoms with Crippen LogP contribution in [0.1, 0.15) is 60.6 Å². The van der Waals surface area contributed by atoms with Crippen LogP contribution in [0.25, 0.3) is 33.6 Å². The van der Waals surface area contributed by atoms with Gasteiger partial charge in [0.25, 0.3) is 5.91 Å². The van der Waals surface area contributed by atoms with Crippen LogP contribution in [0.2, 0.25) is 0 Å². The first-order valence-corrected chi connectivity index (χ1v) is 17.7. The average molecular weight is 644 g/mol. The number of fused-ring (bicyclic) bond motifs is 4. The van der Waals surface area contributed by atoms with E-state index in [-0.39, 0.29) is 18.0 Å². The number of likely N-dealkylation sites (tertiary alicyclic amines) is 1. The largest absolute Gasteiger partial charge is 0.494 e. The second-order valence-corrected chi connectivity index (χ2v) is 14.9. The van der Waals surface area contributed by atoms with Gasteiger partial charge in [-0.3, -0.25) is 4.79 Å². The first kappa shape index (κ1) is 28.5. The average Bonchev–Trinajstić information content (AvgIpc) is 4.00. The summed E-state index contributed by atoms with van der Waals surface area (Å²) in [5.74, 6) is 5.56. The third kappa shape index (κ3) is 4.61. The minimum atomic E-state index is 0.0195.